The first-order chi connectivity index (χ1) is 3.45. The van der Waals surface area contributed by atoms with Crippen LogP contribution in [-0.4, -0.2) is 25.2 Å². The van der Waals surface area contributed by atoms with Gasteiger partial charge in [0.2, 0.25) is 0 Å². The molecule has 2 atom stereocenters. The highest BCUT2D eigenvalue weighted by atomic mass is 15.1. The maximum absolute atomic E-state index is 4.34. The van der Waals surface area contributed by atoms with Crippen LogP contribution in [0.1, 0.15) is 6.42 Å². The van der Waals surface area contributed by atoms with Crippen molar-refractivity contribution in [3.8, 4) is 0 Å². The Balaban J connectivity index is 2.12. The molecular weight excluding hydrogens is 88.1 g/mol. The molecule has 2 saturated heterocycles. The third-order valence-electron chi connectivity index (χ3n) is 1.78. The topological polar surface area (TPSA) is 26.1 Å². The van der Waals surface area contributed by atoms with E-state index in [2.05, 4.69) is 10.6 Å². The summed E-state index contributed by atoms with van der Waals surface area (Å²) in [4.78, 5) is 0. The van der Waals surface area contributed by atoms with Gasteiger partial charge in [0.25, 0.3) is 0 Å². The molecule has 40 valence electrons. The van der Waals surface area contributed by atoms with Gasteiger partial charge in [-0.15, -0.1) is 12.6 Å². The van der Waals surface area contributed by atoms with Crippen LogP contribution in [0.4, 0.5) is 0 Å². The maximum atomic E-state index is 4.34. The van der Waals surface area contributed by atoms with Gasteiger partial charge in [0.1, 0.15) is 0 Å². The minimum atomic E-state index is 0.685. The van der Waals surface area contributed by atoms with Gasteiger partial charge in [-0.2, -0.15) is 0 Å². The second-order valence-electron chi connectivity index (χ2n) is 2.36. The number of fused-ring (bicyclic) bond motifs is 2. The molecule has 0 aromatic rings. The van der Waals surface area contributed by atoms with Gasteiger partial charge >= 0.3 is 0 Å². The number of hydrogen-bond acceptors (Lipinski definition) is 1. The van der Waals surface area contributed by atoms with E-state index >= 15 is 0 Å². The number of nitrogens with one attached hydrogen (secondary N) is 1. The molecule has 0 amide bonds. The first-order valence-electron chi connectivity index (χ1n) is 2.85. The zero-order chi connectivity index (χ0) is 4.69. The first-order valence-corrected chi connectivity index (χ1v) is 2.85. The summed E-state index contributed by atoms with van der Waals surface area (Å²) in [5, 5.41) is 7.70. The van der Waals surface area contributed by atoms with Crippen molar-refractivity contribution in [3.05, 3.63) is 5.32 Å². The van der Waals surface area contributed by atoms with Crippen molar-refractivity contribution in [2.24, 2.45) is 0 Å². The zero-order valence-corrected chi connectivity index (χ0v) is 4.22. The lowest BCUT2D eigenvalue weighted by atomic mass is 10.3. The average molecular weight is 97.1 g/mol. The molecule has 0 spiro atoms. The summed E-state index contributed by atoms with van der Waals surface area (Å²) in [7, 11) is 0. The molecule has 2 nitrogen and oxygen atoms in total. The summed E-state index contributed by atoms with van der Waals surface area (Å²) >= 11 is 0. The molecule has 0 unspecified atom stereocenters. The van der Waals surface area contributed by atoms with Crippen LogP contribution >= 0.6 is 0 Å². The second-order valence-corrected chi connectivity index (χ2v) is 2.36. The largest absolute Gasteiger partial charge is 0.657 e. The Morgan fingerprint density at radius 1 is 1.57 bits per heavy atom. The van der Waals surface area contributed by atoms with E-state index < -0.39 is 0 Å². The lowest BCUT2D eigenvalue weighted by Crippen LogP contribution is -2.28. The Morgan fingerprint density at radius 3 is 2.71 bits per heavy atom. The Hall–Kier alpha value is -0.0800. The summed E-state index contributed by atoms with van der Waals surface area (Å²) < 4.78 is 0. The van der Waals surface area contributed by atoms with Gasteiger partial charge in [0, 0.05) is 0 Å². The fourth-order valence-electron chi connectivity index (χ4n) is 1.35. The minimum Gasteiger partial charge on any atom is -0.657 e. The molecule has 0 saturated carbocycles. The van der Waals surface area contributed by atoms with Crippen LogP contribution < -0.4 is 5.32 Å². The summed E-state index contributed by atoms with van der Waals surface area (Å²) in [6.07, 6.45) is 1.31. The Bertz CT molecular complexity index is 64.1. The van der Waals surface area contributed by atoms with E-state index in [1.807, 2.05) is 0 Å². The Labute approximate surface area is 43.3 Å². The van der Waals surface area contributed by atoms with Gasteiger partial charge in [-0.1, -0.05) is 6.42 Å². The van der Waals surface area contributed by atoms with Gasteiger partial charge in [-0.25, -0.2) is 0 Å². The lowest BCUT2D eigenvalue weighted by Gasteiger charge is -2.24. The van der Waals surface area contributed by atoms with Crippen molar-refractivity contribution in [3.63, 3.8) is 0 Å². The highest BCUT2D eigenvalue weighted by molar-refractivity contribution is 5.11. The SMILES string of the molecule is C1N[C@@H]2C[N-][C@H]1C2. The van der Waals surface area contributed by atoms with E-state index in [-0.39, 0.29) is 0 Å². The predicted molar refractivity (Wildman–Crippen MR) is 28.4 cm³/mol. The molecule has 0 aromatic heterocycles. The van der Waals surface area contributed by atoms with E-state index in [1.54, 1.807) is 0 Å². The molecule has 1 N–H and O–H groups in total. The van der Waals surface area contributed by atoms with Gasteiger partial charge < -0.3 is 10.6 Å². The quantitative estimate of drug-likeness (QED) is 0.456. The van der Waals surface area contributed by atoms with Crippen LogP contribution in [0, 0.1) is 0 Å². The van der Waals surface area contributed by atoms with Crippen molar-refractivity contribution in [2.45, 2.75) is 18.5 Å². The first kappa shape index (κ1) is 3.87. The van der Waals surface area contributed by atoms with Gasteiger partial charge in [-0.3, -0.25) is 0 Å². The molecule has 7 heavy (non-hydrogen) atoms. The summed E-state index contributed by atoms with van der Waals surface area (Å²) in [5.41, 5.74) is 0. The van der Waals surface area contributed by atoms with Crippen LogP contribution in [-0.2, 0) is 0 Å². The molecule has 2 rings (SSSR count). The van der Waals surface area contributed by atoms with Crippen molar-refractivity contribution in [2.75, 3.05) is 13.1 Å². The highest BCUT2D eigenvalue weighted by Crippen LogP contribution is 2.23. The van der Waals surface area contributed by atoms with Crippen LogP contribution in [0.25, 0.3) is 5.32 Å². The molecule has 0 radical (unpaired) electrons. The van der Waals surface area contributed by atoms with E-state index in [0.717, 1.165) is 19.1 Å². The maximum Gasteiger partial charge on any atom is -0.0135 e. The monoisotopic (exact) mass is 97.1 g/mol. The summed E-state index contributed by atoms with van der Waals surface area (Å²) in [6.45, 7) is 2.22. The van der Waals surface area contributed by atoms with E-state index in [4.69, 9.17) is 0 Å². The standard InChI is InChI=1S/C5H9N2/c1-4-2-6-5(1)3-7-4/h4-6H,1-3H2/q-1/t4-,5-/m0/s1. The van der Waals surface area contributed by atoms with E-state index in [0.29, 0.717) is 6.04 Å². The summed E-state index contributed by atoms with van der Waals surface area (Å²) in [6, 6.07) is 1.44. The fourth-order valence-corrected chi connectivity index (χ4v) is 1.35. The lowest BCUT2D eigenvalue weighted by molar-refractivity contribution is 0.642. The second kappa shape index (κ2) is 1.20. The van der Waals surface area contributed by atoms with Gasteiger partial charge in [-0.05, 0) is 12.6 Å². The van der Waals surface area contributed by atoms with Crippen molar-refractivity contribution >= 4 is 0 Å². The molecule has 2 aliphatic heterocycles. The molecular formula is C5H9N2-. The molecule has 2 heterocycles. The van der Waals surface area contributed by atoms with Crippen LogP contribution in [0.15, 0.2) is 0 Å². The molecule has 0 aliphatic carbocycles. The average Bonchev–Trinajstić information content (AvgIpc) is 2.22. The third-order valence-corrected chi connectivity index (χ3v) is 1.78. The zero-order valence-electron chi connectivity index (χ0n) is 4.22. The number of hydrogen-bond donors (Lipinski definition) is 1. The minimum absolute atomic E-state index is 0.685. The van der Waals surface area contributed by atoms with Gasteiger partial charge in [0.15, 0.2) is 0 Å². The molecule has 2 bridgehead atoms. The normalized spacial score (nSPS) is 48.0. The number of piperazine rings is 1. The summed E-state index contributed by atoms with van der Waals surface area (Å²) in [5.74, 6) is 0. The molecule has 2 fully saturated rings. The smallest absolute Gasteiger partial charge is 0.0135 e. The van der Waals surface area contributed by atoms with E-state index in [1.165, 1.54) is 6.42 Å². The van der Waals surface area contributed by atoms with Crippen molar-refractivity contribution < 1.29 is 0 Å². The Morgan fingerprint density at radius 2 is 2.57 bits per heavy atom. The van der Waals surface area contributed by atoms with Crippen molar-refractivity contribution in [1.29, 1.82) is 0 Å². The Kier molecular flexibility index (Phi) is 0.664. The van der Waals surface area contributed by atoms with Crippen LogP contribution in [0.3, 0.4) is 0 Å². The van der Waals surface area contributed by atoms with Crippen molar-refractivity contribution in [1.82, 2.24) is 5.32 Å². The van der Waals surface area contributed by atoms with Gasteiger partial charge in [0.05, 0.1) is 0 Å². The van der Waals surface area contributed by atoms with E-state index in [9.17, 15) is 0 Å². The van der Waals surface area contributed by atoms with Crippen LogP contribution in [0.5, 0.6) is 0 Å². The molecule has 2 heteroatoms. The third kappa shape index (κ3) is 0.469. The number of nitrogens with zero attached hydrogens (tertiary/aromatic N) is 1. The fraction of sp³-hybridized carbons (Fsp3) is 1.00. The molecule has 0 aromatic carbocycles. The number of rotatable bonds is 0. The van der Waals surface area contributed by atoms with Crippen LogP contribution in [0.2, 0.25) is 0 Å². The predicted octanol–water partition coefficient (Wildman–Crippen LogP) is 0.104. The molecule has 2 aliphatic rings. The highest BCUT2D eigenvalue weighted by Gasteiger charge is 2.20.